The highest BCUT2D eigenvalue weighted by Gasteiger charge is 2.02. The summed E-state index contributed by atoms with van der Waals surface area (Å²) in [5, 5.41) is 9.41. The Kier molecular flexibility index (Phi) is 2.72. The molecule has 0 fully saturated rings. The molecule has 4 nitrogen and oxygen atoms in total. The minimum atomic E-state index is 0.169. The van der Waals surface area contributed by atoms with Gasteiger partial charge in [-0.25, -0.2) is 9.97 Å². The fraction of sp³-hybridized carbons (Fsp3) is 0.167. The first-order valence-electron chi connectivity index (χ1n) is 4.91. The molecule has 0 radical (unpaired) electrons. The summed E-state index contributed by atoms with van der Waals surface area (Å²) in [5.41, 5.74) is 1.75. The molecule has 2 rings (SSSR count). The average molecular weight is 216 g/mol. The zero-order valence-electron chi connectivity index (χ0n) is 9.14. The van der Waals surface area contributed by atoms with E-state index in [4.69, 9.17) is 4.74 Å². The minimum absolute atomic E-state index is 0.169. The van der Waals surface area contributed by atoms with Crippen molar-refractivity contribution in [2.45, 2.75) is 13.8 Å². The van der Waals surface area contributed by atoms with E-state index in [-0.39, 0.29) is 11.8 Å². The monoisotopic (exact) mass is 216 g/mol. The number of benzene rings is 1. The standard InChI is InChI=1S/C12H12N2O2/c1-8-5-10(15)7-11(6-8)16-12-13-4-3-9(2)14-12/h3-7,15H,1-2H3. The Bertz CT molecular complexity index is 492. The van der Waals surface area contributed by atoms with E-state index in [1.807, 2.05) is 19.9 Å². The molecule has 0 atom stereocenters. The Balaban J connectivity index is 2.27. The Morgan fingerprint density at radius 1 is 1.19 bits per heavy atom. The number of hydrogen-bond acceptors (Lipinski definition) is 4. The molecule has 0 aliphatic heterocycles. The number of nitrogens with zero attached hydrogens (tertiary/aromatic N) is 2. The molecule has 4 heteroatoms. The number of hydrogen-bond donors (Lipinski definition) is 1. The number of phenolic OH excluding ortho intramolecular Hbond substituents is 1. The Labute approximate surface area is 93.6 Å². The van der Waals surface area contributed by atoms with Crippen LogP contribution >= 0.6 is 0 Å². The zero-order chi connectivity index (χ0) is 11.5. The van der Waals surface area contributed by atoms with E-state index in [1.54, 1.807) is 18.3 Å². The van der Waals surface area contributed by atoms with Gasteiger partial charge in [-0.1, -0.05) is 0 Å². The van der Waals surface area contributed by atoms with Crippen LogP contribution in [0.5, 0.6) is 17.5 Å². The van der Waals surface area contributed by atoms with Gasteiger partial charge in [-0.2, -0.15) is 0 Å². The third-order valence-electron chi connectivity index (χ3n) is 2.02. The molecule has 0 saturated carbocycles. The van der Waals surface area contributed by atoms with Gasteiger partial charge in [0.1, 0.15) is 11.5 Å². The van der Waals surface area contributed by atoms with Gasteiger partial charge < -0.3 is 9.84 Å². The summed E-state index contributed by atoms with van der Waals surface area (Å²) in [5.74, 6) is 0.700. The third-order valence-corrected chi connectivity index (χ3v) is 2.02. The van der Waals surface area contributed by atoms with Crippen LogP contribution in [0, 0.1) is 13.8 Å². The summed E-state index contributed by atoms with van der Waals surface area (Å²) in [6.07, 6.45) is 1.63. The Morgan fingerprint density at radius 2 is 2.00 bits per heavy atom. The second kappa shape index (κ2) is 4.18. The first-order valence-corrected chi connectivity index (χ1v) is 4.91. The molecule has 1 aromatic carbocycles. The van der Waals surface area contributed by atoms with Crippen LogP contribution in [-0.4, -0.2) is 15.1 Å². The van der Waals surface area contributed by atoms with Gasteiger partial charge in [0.05, 0.1) is 0 Å². The van der Waals surface area contributed by atoms with Gasteiger partial charge in [0, 0.05) is 18.0 Å². The number of aromatic nitrogens is 2. The van der Waals surface area contributed by atoms with Crippen molar-refractivity contribution >= 4 is 0 Å². The van der Waals surface area contributed by atoms with Crippen LogP contribution in [0.2, 0.25) is 0 Å². The van der Waals surface area contributed by atoms with Crippen LogP contribution in [-0.2, 0) is 0 Å². The summed E-state index contributed by atoms with van der Waals surface area (Å²) in [7, 11) is 0. The quantitative estimate of drug-likeness (QED) is 0.838. The van der Waals surface area contributed by atoms with Crippen LogP contribution < -0.4 is 4.74 Å². The molecule has 2 aromatic rings. The highest BCUT2D eigenvalue weighted by molar-refractivity contribution is 5.38. The van der Waals surface area contributed by atoms with Crippen molar-refractivity contribution < 1.29 is 9.84 Å². The van der Waals surface area contributed by atoms with Gasteiger partial charge in [0.25, 0.3) is 0 Å². The van der Waals surface area contributed by atoms with Gasteiger partial charge in [0.15, 0.2) is 0 Å². The maximum atomic E-state index is 9.41. The molecule has 82 valence electrons. The first-order chi connectivity index (χ1) is 7.63. The maximum Gasteiger partial charge on any atom is 0.322 e. The highest BCUT2D eigenvalue weighted by Crippen LogP contribution is 2.24. The molecule has 1 heterocycles. The van der Waals surface area contributed by atoms with E-state index in [0.717, 1.165) is 11.3 Å². The van der Waals surface area contributed by atoms with E-state index in [1.165, 1.54) is 6.07 Å². The van der Waals surface area contributed by atoms with Crippen molar-refractivity contribution in [2.75, 3.05) is 0 Å². The van der Waals surface area contributed by atoms with Crippen LogP contribution in [0.25, 0.3) is 0 Å². The zero-order valence-corrected chi connectivity index (χ0v) is 9.14. The normalized spacial score (nSPS) is 10.1. The number of ether oxygens (including phenoxy) is 1. The topological polar surface area (TPSA) is 55.2 Å². The van der Waals surface area contributed by atoms with Crippen LogP contribution in [0.15, 0.2) is 30.5 Å². The number of rotatable bonds is 2. The smallest absolute Gasteiger partial charge is 0.322 e. The molecule has 0 aliphatic carbocycles. The number of aromatic hydroxyl groups is 1. The fourth-order valence-corrected chi connectivity index (χ4v) is 1.37. The molecule has 0 aliphatic rings. The van der Waals surface area contributed by atoms with Crippen molar-refractivity contribution in [1.29, 1.82) is 0 Å². The lowest BCUT2D eigenvalue weighted by Crippen LogP contribution is -1.92. The average Bonchev–Trinajstić information content (AvgIpc) is 2.15. The summed E-state index contributed by atoms with van der Waals surface area (Å²) in [6.45, 7) is 3.74. The lowest BCUT2D eigenvalue weighted by Gasteiger charge is -2.05. The van der Waals surface area contributed by atoms with Crippen molar-refractivity contribution in [3.05, 3.63) is 41.7 Å². The predicted octanol–water partition coefficient (Wildman–Crippen LogP) is 2.59. The summed E-state index contributed by atoms with van der Waals surface area (Å²) in [6, 6.07) is 7.07. The van der Waals surface area contributed by atoms with E-state index >= 15 is 0 Å². The second-order valence-electron chi connectivity index (χ2n) is 3.59. The van der Waals surface area contributed by atoms with Gasteiger partial charge in [-0.05, 0) is 37.6 Å². The first kappa shape index (κ1) is 10.4. The van der Waals surface area contributed by atoms with Crippen molar-refractivity contribution in [3.8, 4) is 17.5 Å². The van der Waals surface area contributed by atoms with E-state index in [0.29, 0.717) is 5.75 Å². The van der Waals surface area contributed by atoms with Gasteiger partial charge >= 0.3 is 6.01 Å². The molecular formula is C12H12N2O2. The number of aryl methyl sites for hydroxylation is 2. The molecule has 0 saturated heterocycles. The molecule has 0 amide bonds. The Hall–Kier alpha value is -2.10. The fourth-order valence-electron chi connectivity index (χ4n) is 1.37. The van der Waals surface area contributed by atoms with Gasteiger partial charge in [0.2, 0.25) is 0 Å². The minimum Gasteiger partial charge on any atom is -0.508 e. The molecule has 0 unspecified atom stereocenters. The van der Waals surface area contributed by atoms with E-state index < -0.39 is 0 Å². The lowest BCUT2D eigenvalue weighted by molar-refractivity contribution is 0.429. The van der Waals surface area contributed by atoms with Crippen molar-refractivity contribution in [2.24, 2.45) is 0 Å². The SMILES string of the molecule is Cc1cc(O)cc(Oc2nccc(C)n2)c1. The highest BCUT2D eigenvalue weighted by atomic mass is 16.5. The lowest BCUT2D eigenvalue weighted by atomic mass is 10.2. The van der Waals surface area contributed by atoms with Gasteiger partial charge in [-0.3, -0.25) is 0 Å². The van der Waals surface area contributed by atoms with Crippen LogP contribution in [0.3, 0.4) is 0 Å². The van der Waals surface area contributed by atoms with Crippen LogP contribution in [0.1, 0.15) is 11.3 Å². The van der Waals surface area contributed by atoms with Crippen molar-refractivity contribution in [1.82, 2.24) is 9.97 Å². The summed E-state index contributed by atoms with van der Waals surface area (Å²) >= 11 is 0. The molecule has 0 bridgehead atoms. The predicted molar refractivity (Wildman–Crippen MR) is 59.7 cm³/mol. The third kappa shape index (κ3) is 2.48. The Morgan fingerprint density at radius 3 is 2.69 bits per heavy atom. The molecule has 1 N–H and O–H groups in total. The van der Waals surface area contributed by atoms with E-state index in [2.05, 4.69) is 9.97 Å². The molecule has 1 aromatic heterocycles. The molecule has 0 spiro atoms. The largest absolute Gasteiger partial charge is 0.508 e. The second-order valence-corrected chi connectivity index (χ2v) is 3.59. The van der Waals surface area contributed by atoms with Crippen LogP contribution in [0.4, 0.5) is 0 Å². The van der Waals surface area contributed by atoms with Crippen molar-refractivity contribution in [3.63, 3.8) is 0 Å². The maximum absolute atomic E-state index is 9.41. The molecular weight excluding hydrogens is 204 g/mol. The summed E-state index contributed by atoms with van der Waals surface area (Å²) < 4.78 is 5.44. The number of phenols is 1. The summed E-state index contributed by atoms with van der Waals surface area (Å²) in [4.78, 5) is 8.09. The van der Waals surface area contributed by atoms with E-state index in [9.17, 15) is 5.11 Å². The van der Waals surface area contributed by atoms with Gasteiger partial charge in [-0.15, -0.1) is 0 Å². The molecule has 16 heavy (non-hydrogen) atoms.